The molecule has 2 heteroatoms. The molecule has 12 rings (SSSR count). The van der Waals surface area contributed by atoms with E-state index in [0.717, 1.165) is 45.3 Å². The molecule has 0 amide bonds. The number of fused-ring (bicyclic) bond motifs is 9. The van der Waals surface area contributed by atoms with Gasteiger partial charge in [0.15, 0.2) is 0 Å². The van der Waals surface area contributed by atoms with Gasteiger partial charge in [-0.2, -0.15) is 0 Å². The fourth-order valence-electron chi connectivity index (χ4n) is 10.3. The van der Waals surface area contributed by atoms with Crippen molar-refractivity contribution < 1.29 is 4.74 Å². The van der Waals surface area contributed by atoms with E-state index in [1.54, 1.807) is 0 Å². The van der Waals surface area contributed by atoms with E-state index in [9.17, 15) is 0 Å². The van der Waals surface area contributed by atoms with E-state index < -0.39 is 5.41 Å². The molecular formula is C61H41NO. The third-order valence-corrected chi connectivity index (χ3v) is 13.0. The van der Waals surface area contributed by atoms with E-state index in [-0.39, 0.29) is 0 Å². The summed E-state index contributed by atoms with van der Waals surface area (Å²) in [5, 5.41) is 0. The standard InChI is InChI=1S/C61H41NO/c1-3-19-42(20-4-1)43-35-37-45(38-36-43)62(58-32-16-12-28-53(58)50-26-10-9-25-49(50)48-24-8-7-23-47(48)44-21-5-2-6-22-44)46-39-40-52-51-27-11-13-29-54(51)61(57(52)41-46)55-30-14-17-33-59(55)63-60-34-18-15-31-56(60)61/h1-41H. The Morgan fingerprint density at radius 2 is 0.698 bits per heavy atom. The molecule has 1 spiro atoms. The summed E-state index contributed by atoms with van der Waals surface area (Å²) < 4.78 is 6.70. The lowest BCUT2D eigenvalue weighted by Gasteiger charge is -2.39. The van der Waals surface area contributed by atoms with Crippen LogP contribution in [0.5, 0.6) is 11.5 Å². The summed E-state index contributed by atoms with van der Waals surface area (Å²) in [5.41, 5.74) is 19.4. The second-order valence-electron chi connectivity index (χ2n) is 16.3. The molecule has 0 bridgehead atoms. The van der Waals surface area contributed by atoms with Gasteiger partial charge in [0.1, 0.15) is 11.5 Å². The van der Waals surface area contributed by atoms with Gasteiger partial charge in [0.25, 0.3) is 0 Å². The third-order valence-electron chi connectivity index (χ3n) is 13.0. The lowest BCUT2D eigenvalue weighted by atomic mass is 9.66. The van der Waals surface area contributed by atoms with Gasteiger partial charge in [-0.15, -0.1) is 0 Å². The molecule has 0 saturated heterocycles. The average molecular weight is 804 g/mol. The molecule has 0 unspecified atom stereocenters. The van der Waals surface area contributed by atoms with Gasteiger partial charge in [-0.1, -0.05) is 206 Å². The number of rotatable bonds is 7. The first kappa shape index (κ1) is 36.6. The molecular weight excluding hydrogens is 763 g/mol. The van der Waals surface area contributed by atoms with Crippen LogP contribution in [0.25, 0.3) is 55.6 Å². The smallest absolute Gasteiger partial charge is 0.132 e. The zero-order valence-corrected chi connectivity index (χ0v) is 34.5. The van der Waals surface area contributed by atoms with Gasteiger partial charge in [0.05, 0.1) is 11.1 Å². The summed E-state index contributed by atoms with van der Waals surface area (Å²) in [6, 6.07) is 90.1. The van der Waals surface area contributed by atoms with Crippen LogP contribution in [0.1, 0.15) is 22.3 Å². The van der Waals surface area contributed by atoms with Crippen molar-refractivity contribution in [2.24, 2.45) is 0 Å². The fourth-order valence-corrected chi connectivity index (χ4v) is 10.3. The molecule has 2 nitrogen and oxygen atoms in total. The lowest BCUT2D eigenvalue weighted by Crippen LogP contribution is -2.32. The minimum Gasteiger partial charge on any atom is -0.457 e. The monoisotopic (exact) mass is 803 g/mol. The Labute approximate surface area is 368 Å². The van der Waals surface area contributed by atoms with Crippen LogP contribution in [0.3, 0.4) is 0 Å². The fraction of sp³-hybridized carbons (Fsp3) is 0.0164. The first-order chi connectivity index (χ1) is 31.3. The minimum absolute atomic E-state index is 0.594. The molecule has 0 radical (unpaired) electrons. The van der Waals surface area contributed by atoms with Crippen molar-refractivity contribution in [2.45, 2.75) is 5.41 Å². The molecule has 1 heterocycles. The average Bonchev–Trinajstić information content (AvgIpc) is 3.65. The van der Waals surface area contributed by atoms with Crippen LogP contribution < -0.4 is 9.64 Å². The van der Waals surface area contributed by atoms with Crippen LogP contribution in [-0.2, 0) is 5.41 Å². The summed E-state index contributed by atoms with van der Waals surface area (Å²) in [7, 11) is 0. The quantitative estimate of drug-likeness (QED) is 0.159. The normalized spacial score (nSPS) is 12.7. The van der Waals surface area contributed by atoms with E-state index in [1.807, 2.05) is 0 Å². The first-order valence-electron chi connectivity index (χ1n) is 21.7. The SMILES string of the molecule is c1ccc(-c2ccc(N(c3ccc4c(c3)C3(c5ccccc5Oc5ccccc53)c3ccccc3-4)c3ccccc3-c3ccccc3-c3ccccc3-c3ccccc3)cc2)cc1. The second-order valence-corrected chi connectivity index (χ2v) is 16.3. The largest absolute Gasteiger partial charge is 0.457 e. The predicted octanol–water partition coefficient (Wildman–Crippen LogP) is 16.3. The number of benzene rings is 10. The van der Waals surface area contributed by atoms with Crippen molar-refractivity contribution >= 4 is 17.1 Å². The predicted molar refractivity (Wildman–Crippen MR) is 260 cm³/mol. The van der Waals surface area contributed by atoms with Crippen molar-refractivity contribution in [3.8, 4) is 67.1 Å². The number of hydrogen-bond acceptors (Lipinski definition) is 2. The van der Waals surface area contributed by atoms with Gasteiger partial charge < -0.3 is 9.64 Å². The zero-order valence-electron chi connectivity index (χ0n) is 34.5. The molecule has 296 valence electrons. The van der Waals surface area contributed by atoms with E-state index in [1.165, 1.54) is 61.2 Å². The Morgan fingerprint density at radius 1 is 0.270 bits per heavy atom. The molecule has 0 N–H and O–H groups in total. The highest BCUT2D eigenvalue weighted by Crippen LogP contribution is 2.62. The van der Waals surface area contributed by atoms with Crippen molar-refractivity contribution in [2.75, 3.05) is 4.90 Å². The van der Waals surface area contributed by atoms with Crippen LogP contribution in [0, 0.1) is 0 Å². The van der Waals surface area contributed by atoms with E-state index in [4.69, 9.17) is 4.74 Å². The maximum Gasteiger partial charge on any atom is 0.132 e. The highest BCUT2D eigenvalue weighted by molar-refractivity contribution is 5.98. The molecule has 10 aromatic rings. The molecule has 2 aliphatic rings. The second kappa shape index (κ2) is 15.1. The van der Waals surface area contributed by atoms with Gasteiger partial charge >= 0.3 is 0 Å². The zero-order chi connectivity index (χ0) is 41.7. The Morgan fingerprint density at radius 3 is 1.35 bits per heavy atom. The maximum absolute atomic E-state index is 6.70. The van der Waals surface area contributed by atoms with Crippen molar-refractivity contribution in [3.05, 3.63) is 271 Å². The summed E-state index contributed by atoms with van der Waals surface area (Å²) >= 11 is 0. The van der Waals surface area contributed by atoms with Crippen LogP contribution in [0.2, 0.25) is 0 Å². The van der Waals surface area contributed by atoms with E-state index in [2.05, 4.69) is 254 Å². The number of anilines is 3. The lowest BCUT2D eigenvalue weighted by molar-refractivity contribution is 0.436. The van der Waals surface area contributed by atoms with Gasteiger partial charge in [-0.3, -0.25) is 0 Å². The molecule has 0 fully saturated rings. The molecule has 0 atom stereocenters. The summed E-state index contributed by atoms with van der Waals surface area (Å²) in [4.78, 5) is 2.46. The number of nitrogens with zero attached hydrogens (tertiary/aromatic N) is 1. The van der Waals surface area contributed by atoms with Crippen molar-refractivity contribution in [1.29, 1.82) is 0 Å². The molecule has 0 saturated carbocycles. The molecule has 63 heavy (non-hydrogen) atoms. The Kier molecular flexibility index (Phi) is 8.76. The number of para-hydroxylation sites is 3. The highest BCUT2D eigenvalue weighted by Gasteiger charge is 2.51. The summed E-state index contributed by atoms with van der Waals surface area (Å²) in [5.74, 6) is 1.77. The number of ether oxygens (including phenoxy) is 1. The molecule has 0 aromatic heterocycles. The van der Waals surface area contributed by atoms with E-state index >= 15 is 0 Å². The van der Waals surface area contributed by atoms with Crippen LogP contribution in [0.4, 0.5) is 17.1 Å². The Balaban J connectivity index is 1.10. The first-order valence-corrected chi connectivity index (χ1v) is 21.7. The molecule has 1 aliphatic heterocycles. The summed E-state index contributed by atoms with van der Waals surface area (Å²) in [6.07, 6.45) is 0. The van der Waals surface area contributed by atoms with Crippen molar-refractivity contribution in [3.63, 3.8) is 0 Å². The van der Waals surface area contributed by atoms with E-state index in [0.29, 0.717) is 0 Å². The Hall–Kier alpha value is -8.20. The van der Waals surface area contributed by atoms with Gasteiger partial charge in [0.2, 0.25) is 0 Å². The number of hydrogen-bond donors (Lipinski definition) is 0. The highest BCUT2D eigenvalue weighted by atomic mass is 16.5. The van der Waals surface area contributed by atoms with Crippen LogP contribution in [0.15, 0.2) is 249 Å². The van der Waals surface area contributed by atoms with Gasteiger partial charge in [0, 0.05) is 28.1 Å². The minimum atomic E-state index is -0.594. The van der Waals surface area contributed by atoms with Crippen LogP contribution >= 0.6 is 0 Å². The maximum atomic E-state index is 6.70. The Bertz CT molecular complexity index is 3270. The van der Waals surface area contributed by atoms with Crippen LogP contribution in [-0.4, -0.2) is 0 Å². The summed E-state index contributed by atoms with van der Waals surface area (Å²) in [6.45, 7) is 0. The van der Waals surface area contributed by atoms with Gasteiger partial charge in [-0.05, 0) is 104 Å². The van der Waals surface area contributed by atoms with Crippen molar-refractivity contribution in [1.82, 2.24) is 0 Å². The third kappa shape index (κ3) is 5.87. The molecule has 10 aromatic carbocycles. The topological polar surface area (TPSA) is 12.5 Å². The molecule has 1 aliphatic carbocycles. The van der Waals surface area contributed by atoms with Gasteiger partial charge in [-0.25, -0.2) is 0 Å².